The minimum Gasteiger partial charge on any atom is -0.381 e. The number of ether oxygens (including phenoxy) is 1. The van der Waals surface area contributed by atoms with Crippen LogP contribution < -0.4 is 10.6 Å². The molecule has 1 fully saturated rings. The molecular weight excluding hydrogens is 400 g/mol. The van der Waals surface area contributed by atoms with Crippen LogP contribution >= 0.6 is 0 Å². The number of hydrogen-bond donors (Lipinski definition) is 2. The molecule has 1 aliphatic rings. The van der Waals surface area contributed by atoms with E-state index in [0.717, 1.165) is 63.4 Å². The van der Waals surface area contributed by atoms with E-state index in [9.17, 15) is 8.42 Å². The molecule has 2 N–H and O–H groups in total. The normalized spacial score (nSPS) is 18.4. The second kappa shape index (κ2) is 12.9. The third-order valence-electron chi connectivity index (χ3n) is 5.26. The van der Waals surface area contributed by atoms with E-state index in [1.807, 2.05) is 12.1 Å². The van der Waals surface area contributed by atoms with Crippen LogP contribution in [0.15, 0.2) is 34.2 Å². The summed E-state index contributed by atoms with van der Waals surface area (Å²) in [4.78, 5) is 4.59. The summed E-state index contributed by atoms with van der Waals surface area (Å²) in [5.41, 5.74) is 1.01. The van der Waals surface area contributed by atoms with E-state index in [2.05, 4.69) is 29.5 Å². The van der Waals surface area contributed by atoms with E-state index < -0.39 is 10.0 Å². The fourth-order valence-corrected chi connectivity index (χ4v) is 5.03. The zero-order valence-electron chi connectivity index (χ0n) is 18.7. The fraction of sp³-hybridized carbons (Fsp3) is 0.682. The molecule has 0 spiro atoms. The Kier molecular flexibility index (Phi) is 10.6. The number of sulfonamides is 1. The van der Waals surface area contributed by atoms with Gasteiger partial charge in [-0.3, -0.25) is 4.99 Å². The maximum Gasteiger partial charge on any atom is 0.243 e. The van der Waals surface area contributed by atoms with Gasteiger partial charge in [-0.25, -0.2) is 8.42 Å². The van der Waals surface area contributed by atoms with Crippen LogP contribution in [0.4, 0.5) is 0 Å². The fourth-order valence-electron chi connectivity index (χ4n) is 3.43. The Morgan fingerprint density at radius 3 is 2.60 bits per heavy atom. The van der Waals surface area contributed by atoms with Gasteiger partial charge in [-0.2, -0.15) is 4.31 Å². The molecule has 30 heavy (non-hydrogen) atoms. The van der Waals surface area contributed by atoms with Gasteiger partial charge in [0, 0.05) is 46.4 Å². The van der Waals surface area contributed by atoms with E-state index in [0.29, 0.717) is 30.4 Å². The van der Waals surface area contributed by atoms with Crippen molar-refractivity contribution >= 4 is 16.0 Å². The highest BCUT2D eigenvalue weighted by atomic mass is 32.2. The van der Waals surface area contributed by atoms with Gasteiger partial charge in [0.25, 0.3) is 0 Å². The average molecular weight is 439 g/mol. The molecule has 1 unspecified atom stereocenters. The maximum absolute atomic E-state index is 12.9. The van der Waals surface area contributed by atoms with E-state index in [-0.39, 0.29) is 0 Å². The summed E-state index contributed by atoms with van der Waals surface area (Å²) in [6.07, 6.45) is 5.20. The summed E-state index contributed by atoms with van der Waals surface area (Å²) < 4.78 is 32.9. The third kappa shape index (κ3) is 7.89. The van der Waals surface area contributed by atoms with Crippen LogP contribution in [0.25, 0.3) is 0 Å². The number of nitrogens with zero attached hydrogens (tertiary/aromatic N) is 2. The Balaban J connectivity index is 1.78. The van der Waals surface area contributed by atoms with Gasteiger partial charge in [-0.1, -0.05) is 32.4 Å². The molecule has 0 radical (unpaired) electrons. The van der Waals surface area contributed by atoms with Gasteiger partial charge < -0.3 is 15.4 Å². The molecular formula is C22H38N4O3S. The summed E-state index contributed by atoms with van der Waals surface area (Å²) in [6, 6.07) is 7.13. The Bertz CT molecular complexity index is 750. The zero-order chi connectivity index (χ0) is 21.8. The molecule has 1 aromatic carbocycles. The molecule has 1 heterocycles. The molecule has 0 amide bonds. The van der Waals surface area contributed by atoms with Crippen molar-refractivity contribution in [1.29, 1.82) is 0 Å². The molecule has 1 saturated heterocycles. The highest BCUT2D eigenvalue weighted by Gasteiger charge is 2.28. The molecule has 2 rings (SSSR count). The van der Waals surface area contributed by atoms with Crippen molar-refractivity contribution in [2.75, 3.05) is 39.9 Å². The molecule has 1 atom stereocenters. The van der Waals surface area contributed by atoms with Crippen LogP contribution in [0.5, 0.6) is 0 Å². The molecule has 1 aliphatic heterocycles. The van der Waals surface area contributed by atoms with E-state index >= 15 is 0 Å². The minimum absolute atomic E-state index is 0.367. The van der Waals surface area contributed by atoms with Crippen LogP contribution in [0, 0.1) is 5.92 Å². The summed E-state index contributed by atoms with van der Waals surface area (Å²) in [6.45, 7) is 8.42. The Morgan fingerprint density at radius 2 is 1.93 bits per heavy atom. The maximum atomic E-state index is 12.9. The summed E-state index contributed by atoms with van der Waals surface area (Å²) >= 11 is 0. The van der Waals surface area contributed by atoms with E-state index in [1.54, 1.807) is 23.5 Å². The number of rotatable bonds is 11. The SMILES string of the molecule is CCCCOCCCNC(=NC)NCc1ccc(S(=O)(=O)N2CCCC(C)C2)cc1. The van der Waals surface area contributed by atoms with Crippen molar-refractivity contribution in [1.82, 2.24) is 14.9 Å². The van der Waals surface area contributed by atoms with Gasteiger partial charge in [0.05, 0.1) is 4.90 Å². The highest BCUT2D eigenvalue weighted by Crippen LogP contribution is 2.23. The third-order valence-corrected chi connectivity index (χ3v) is 7.14. The van der Waals surface area contributed by atoms with Crippen LogP contribution in [0.3, 0.4) is 0 Å². The highest BCUT2D eigenvalue weighted by molar-refractivity contribution is 7.89. The molecule has 7 nitrogen and oxygen atoms in total. The van der Waals surface area contributed by atoms with Crippen molar-refractivity contribution < 1.29 is 13.2 Å². The topological polar surface area (TPSA) is 83.0 Å². The number of hydrogen-bond acceptors (Lipinski definition) is 4. The summed E-state index contributed by atoms with van der Waals surface area (Å²) in [5, 5.41) is 6.53. The van der Waals surface area contributed by atoms with Gasteiger partial charge in [0.1, 0.15) is 0 Å². The zero-order valence-corrected chi connectivity index (χ0v) is 19.5. The Morgan fingerprint density at radius 1 is 1.20 bits per heavy atom. The minimum atomic E-state index is -3.41. The van der Waals surface area contributed by atoms with Crippen LogP contribution in [-0.2, 0) is 21.3 Å². The van der Waals surface area contributed by atoms with Crippen molar-refractivity contribution in [3.8, 4) is 0 Å². The Labute approximate surface area is 182 Å². The van der Waals surface area contributed by atoms with Crippen LogP contribution in [0.1, 0.15) is 51.5 Å². The first-order valence-corrected chi connectivity index (χ1v) is 12.5. The summed E-state index contributed by atoms with van der Waals surface area (Å²) in [5.74, 6) is 1.14. The molecule has 0 aromatic heterocycles. The van der Waals surface area contributed by atoms with Gasteiger partial charge in [-0.15, -0.1) is 0 Å². The molecule has 8 heteroatoms. The molecule has 0 saturated carbocycles. The molecule has 0 bridgehead atoms. The Hall–Kier alpha value is -1.64. The van der Waals surface area contributed by atoms with E-state index in [1.165, 1.54) is 0 Å². The number of aliphatic imine (C=N–C) groups is 1. The second-order valence-corrected chi connectivity index (χ2v) is 9.86. The number of nitrogens with one attached hydrogen (secondary N) is 2. The lowest BCUT2D eigenvalue weighted by atomic mass is 10.0. The number of unbranched alkanes of at least 4 members (excludes halogenated alkanes) is 1. The smallest absolute Gasteiger partial charge is 0.243 e. The largest absolute Gasteiger partial charge is 0.381 e. The standard InChI is InChI=1S/C22H38N4O3S/c1-4-5-15-29-16-7-13-24-22(23-3)25-17-20-9-11-21(12-10-20)30(27,28)26-14-6-8-19(2)18-26/h9-12,19H,4-8,13-18H2,1-3H3,(H2,23,24,25). The molecule has 0 aliphatic carbocycles. The van der Waals surface area contributed by atoms with Gasteiger partial charge in [0.2, 0.25) is 10.0 Å². The number of piperidine rings is 1. The second-order valence-electron chi connectivity index (χ2n) is 7.93. The van der Waals surface area contributed by atoms with Crippen molar-refractivity contribution in [2.24, 2.45) is 10.9 Å². The predicted molar refractivity (Wildman–Crippen MR) is 122 cm³/mol. The quantitative estimate of drug-likeness (QED) is 0.315. The lowest BCUT2D eigenvalue weighted by Gasteiger charge is -2.30. The molecule has 170 valence electrons. The first kappa shape index (κ1) is 24.6. The van der Waals surface area contributed by atoms with Gasteiger partial charge >= 0.3 is 0 Å². The lowest BCUT2D eigenvalue weighted by Crippen LogP contribution is -2.39. The lowest BCUT2D eigenvalue weighted by molar-refractivity contribution is 0.129. The van der Waals surface area contributed by atoms with E-state index in [4.69, 9.17) is 4.74 Å². The van der Waals surface area contributed by atoms with Crippen LogP contribution in [0.2, 0.25) is 0 Å². The van der Waals surface area contributed by atoms with Crippen LogP contribution in [-0.4, -0.2) is 58.6 Å². The van der Waals surface area contributed by atoms with Crippen molar-refractivity contribution in [2.45, 2.75) is 57.4 Å². The van der Waals surface area contributed by atoms with Crippen molar-refractivity contribution in [3.63, 3.8) is 0 Å². The first-order valence-electron chi connectivity index (χ1n) is 11.1. The van der Waals surface area contributed by atoms with Crippen molar-refractivity contribution in [3.05, 3.63) is 29.8 Å². The number of guanidine groups is 1. The average Bonchev–Trinajstić information content (AvgIpc) is 2.75. The van der Waals surface area contributed by atoms with Gasteiger partial charge in [0.15, 0.2) is 5.96 Å². The van der Waals surface area contributed by atoms with Gasteiger partial charge in [-0.05, 0) is 49.3 Å². The first-order chi connectivity index (χ1) is 14.5. The predicted octanol–water partition coefficient (Wildman–Crippen LogP) is 2.98. The monoisotopic (exact) mass is 438 g/mol. The number of benzene rings is 1. The summed E-state index contributed by atoms with van der Waals surface area (Å²) in [7, 11) is -1.67. The molecule has 1 aromatic rings.